The van der Waals surface area contributed by atoms with Crippen LogP contribution in [0.3, 0.4) is 0 Å². The highest BCUT2D eigenvalue weighted by Crippen LogP contribution is 2.27. The molecule has 1 fully saturated rings. The number of nitrogens with one attached hydrogen (secondary N) is 1. The molecule has 0 unspecified atom stereocenters. The normalized spacial score (nSPS) is 17.4. The molecule has 1 aromatic rings. The molecule has 0 aromatic heterocycles. The van der Waals surface area contributed by atoms with Crippen molar-refractivity contribution in [3.8, 4) is 11.5 Å². The summed E-state index contributed by atoms with van der Waals surface area (Å²) in [7, 11) is 1.60. The van der Waals surface area contributed by atoms with Crippen LogP contribution in [0.25, 0.3) is 0 Å². The van der Waals surface area contributed by atoms with Gasteiger partial charge >= 0.3 is 0 Å². The van der Waals surface area contributed by atoms with Gasteiger partial charge in [0.15, 0.2) is 17.6 Å². The number of hydrogen-bond donors (Lipinski definition) is 1. The first-order chi connectivity index (χ1) is 10.2. The number of piperazine rings is 1. The molecule has 1 saturated heterocycles. The van der Waals surface area contributed by atoms with E-state index in [4.69, 9.17) is 9.47 Å². The lowest BCUT2D eigenvalue weighted by Crippen LogP contribution is -3.14. The zero-order chi connectivity index (χ0) is 15.2. The van der Waals surface area contributed by atoms with E-state index in [9.17, 15) is 4.79 Å². The van der Waals surface area contributed by atoms with Crippen molar-refractivity contribution < 1.29 is 19.2 Å². The number of carbonyl (C=O) groups is 1. The van der Waals surface area contributed by atoms with Crippen LogP contribution in [0.5, 0.6) is 11.5 Å². The third-order valence-electron chi connectivity index (χ3n) is 4.00. The fourth-order valence-electron chi connectivity index (χ4n) is 2.61. The number of ether oxygens (including phenoxy) is 2. The maximum Gasteiger partial charge on any atom is 0.263 e. The highest BCUT2D eigenvalue weighted by atomic mass is 16.5. The Morgan fingerprint density at radius 1 is 1.29 bits per heavy atom. The molecule has 1 aliphatic heterocycles. The average Bonchev–Trinajstić information content (AvgIpc) is 2.54. The molecule has 1 aromatic carbocycles. The van der Waals surface area contributed by atoms with Gasteiger partial charge in [0.05, 0.1) is 39.8 Å². The van der Waals surface area contributed by atoms with Crippen molar-refractivity contribution in [1.29, 1.82) is 0 Å². The Bertz CT molecular complexity index is 470. The molecule has 1 N–H and O–H groups in total. The molecule has 0 aliphatic carbocycles. The topological polar surface area (TPSA) is 43.2 Å². The number of quaternary nitrogens is 1. The Morgan fingerprint density at radius 2 is 1.90 bits per heavy atom. The number of para-hydroxylation sites is 2. The Morgan fingerprint density at radius 3 is 2.48 bits per heavy atom. The second kappa shape index (κ2) is 7.31. The van der Waals surface area contributed by atoms with Gasteiger partial charge in [-0.2, -0.15) is 0 Å². The number of carbonyl (C=O) groups excluding carboxylic acids is 1. The van der Waals surface area contributed by atoms with E-state index in [0.29, 0.717) is 11.5 Å². The first-order valence-corrected chi connectivity index (χ1v) is 7.57. The SMILES string of the molecule is CC[NH+]1CCN(C(=O)[C@H](C)Oc2ccccc2OC)CC1. The monoisotopic (exact) mass is 293 g/mol. The van der Waals surface area contributed by atoms with Crippen molar-refractivity contribution in [2.45, 2.75) is 20.0 Å². The second-order valence-corrected chi connectivity index (χ2v) is 5.34. The molecule has 0 spiro atoms. The Labute approximate surface area is 126 Å². The molecule has 2 rings (SSSR count). The van der Waals surface area contributed by atoms with Crippen LogP contribution in [0.1, 0.15) is 13.8 Å². The minimum Gasteiger partial charge on any atom is -0.493 e. The molecule has 0 saturated carbocycles. The Kier molecular flexibility index (Phi) is 5.44. The number of likely N-dealkylation sites (N-methyl/N-ethyl adjacent to an activating group) is 1. The first-order valence-electron chi connectivity index (χ1n) is 7.57. The molecule has 1 aliphatic rings. The first kappa shape index (κ1) is 15.6. The van der Waals surface area contributed by atoms with Crippen LogP contribution in [0.15, 0.2) is 24.3 Å². The van der Waals surface area contributed by atoms with E-state index in [1.54, 1.807) is 18.9 Å². The van der Waals surface area contributed by atoms with Gasteiger partial charge < -0.3 is 19.3 Å². The van der Waals surface area contributed by atoms with Crippen LogP contribution in [-0.4, -0.2) is 56.7 Å². The van der Waals surface area contributed by atoms with E-state index in [1.807, 2.05) is 29.2 Å². The van der Waals surface area contributed by atoms with Crippen molar-refractivity contribution in [2.75, 3.05) is 39.8 Å². The number of methoxy groups -OCH3 is 1. The van der Waals surface area contributed by atoms with Gasteiger partial charge in [0.1, 0.15) is 0 Å². The summed E-state index contributed by atoms with van der Waals surface area (Å²) in [5, 5.41) is 0. The predicted octanol–water partition coefficient (Wildman–Crippen LogP) is 0.210. The van der Waals surface area contributed by atoms with Gasteiger partial charge in [-0.15, -0.1) is 0 Å². The maximum atomic E-state index is 12.4. The summed E-state index contributed by atoms with van der Waals surface area (Å²) < 4.78 is 11.0. The van der Waals surface area contributed by atoms with Gasteiger partial charge in [0.2, 0.25) is 0 Å². The predicted molar refractivity (Wildman–Crippen MR) is 80.9 cm³/mol. The highest BCUT2D eigenvalue weighted by Gasteiger charge is 2.27. The molecule has 0 bridgehead atoms. The number of nitrogens with zero attached hydrogens (tertiary/aromatic N) is 1. The van der Waals surface area contributed by atoms with E-state index < -0.39 is 6.10 Å². The van der Waals surface area contributed by atoms with Gasteiger partial charge in [-0.1, -0.05) is 12.1 Å². The van der Waals surface area contributed by atoms with Crippen molar-refractivity contribution >= 4 is 5.91 Å². The zero-order valence-electron chi connectivity index (χ0n) is 13.1. The van der Waals surface area contributed by atoms with E-state index in [-0.39, 0.29) is 5.91 Å². The lowest BCUT2D eigenvalue weighted by molar-refractivity contribution is -0.902. The summed E-state index contributed by atoms with van der Waals surface area (Å²) in [6.45, 7) is 8.75. The zero-order valence-corrected chi connectivity index (χ0v) is 13.1. The van der Waals surface area contributed by atoms with E-state index in [1.165, 1.54) is 0 Å². The fourth-order valence-corrected chi connectivity index (χ4v) is 2.61. The molecule has 21 heavy (non-hydrogen) atoms. The molecule has 0 radical (unpaired) electrons. The molecule has 5 nitrogen and oxygen atoms in total. The van der Waals surface area contributed by atoms with Gasteiger partial charge in [0.25, 0.3) is 5.91 Å². The quantitative estimate of drug-likeness (QED) is 0.844. The molecular weight excluding hydrogens is 268 g/mol. The summed E-state index contributed by atoms with van der Waals surface area (Å²) in [6.07, 6.45) is -0.496. The molecule has 1 amide bonds. The molecular formula is C16H25N2O3+. The van der Waals surface area contributed by atoms with Crippen LogP contribution < -0.4 is 14.4 Å². The fraction of sp³-hybridized carbons (Fsp3) is 0.562. The molecule has 116 valence electrons. The number of hydrogen-bond acceptors (Lipinski definition) is 3. The summed E-state index contributed by atoms with van der Waals surface area (Å²) >= 11 is 0. The van der Waals surface area contributed by atoms with Gasteiger partial charge in [0, 0.05) is 0 Å². The highest BCUT2D eigenvalue weighted by molar-refractivity contribution is 5.81. The minimum atomic E-state index is -0.496. The Balaban J connectivity index is 1.94. The van der Waals surface area contributed by atoms with Crippen molar-refractivity contribution in [2.24, 2.45) is 0 Å². The van der Waals surface area contributed by atoms with Crippen LogP contribution in [0, 0.1) is 0 Å². The maximum absolute atomic E-state index is 12.4. The smallest absolute Gasteiger partial charge is 0.263 e. The van der Waals surface area contributed by atoms with Gasteiger partial charge in [-0.05, 0) is 26.0 Å². The summed E-state index contributed by atoms with van der Waals surface area (Å²) in [5.41, 5.74) is 0. The lowest BCUT2D eigenvalue weighted by atomic mass is 10.2. The standard InChI is InChI=1S/C16H24N2O3/c1-4-17-9-11-18(12-10-17)16(19)13(2)21-15-8-6-5-7-14(15)20-3/h5-8,13H,4,9-12H2,1-3H3/p+1/t13-/m0/s1. The molecule has 5 heteroatoms. The van der Waals surface area contributed by atoms with Crippen molar-refractivity contribution in [3.05, 3.63) is 24.3 Å². The van der Waals surface area contributed by atoms with Gasteiger partial charge in [-0.25, -0.2) is 0 Å². The third kappa shape index (κ3) is 3.88. The van der Waals surface area contributed by atoms with Crippen molar-refractivity contribution in [3.63, 3.8) is 0 Å². The summed E-state index contributed by atoms with van der Waals surface area (Å²) in [6, 6.07) is 7.40. The largest absolute Gasteiger partial charge is 0.493 e. The molecule has 1 atom stereocenters. The van der Waals surface area contributed by atoms with Crippen LogP contribution in [0.4, 0.5) is 0 Å². The van der Waals surface area contributed by atoms with Crippen LogP contribution in [0.2, 0.25) is 0 Å². The molecule has 1 heterocycles. The van der Waals surface area contributed by atoms with Crippen molar-refractivity contribution in [1.82, 2.24) is 4.90 Å². The summed E-state index contributed by atoms with van der Waals surface area (Å²) in [5.74, 6) is 1.31. The van der Waals surface area contributed by atoms with E-state index >= 15 is 0 Å². The van der Waals surface area contributed by atoms with Crippen LogP contribution in [-0.2, 0) is 4.79 Å². The van der Waals surface area contributed by atoms with Gasteiger partial charge in [-0.3, -0.25) is 4.79 Å². The number of amides is 1. The lowest BCUT2D eigenvalue weighted by Gasteiger charge is -2.33. The number of rotatable bonds is 5. The van der Waals surface area contributed by atoms with E-state index in [2.05, 4.69) is 6.92 Å². The number of benzene rings is 1. The minimum absolute atomic E-state index is 0.0519. The second-order valence-electron chi connectivity index (χ2n) is 5.34. The van der Waals surface area contributed by atoms with E-state index in [0.717, 1.165) is 32.7 Å². The average molecular weight is 293 g/mol. The Hall–Kier alpha value is -1.75. The third-order valence-corrected chi connectivity index (χ3v) is 4.00. The summed E-state index contributed by atoms with van der Waals surface area (Å²) in [4.78, 5) is 15.9. The van der Waals surface area contributed by atoms with Crippen LogP contribution >= 0.6 is 0 Å².